The van der Waals surface area contributed by atoms with Crippen molar-refractivity contribution in [3.8, 4) is 0 Å². The first kappa shape index (κ1) is 18.7. The van der Waals surface area contributed by atoms with Crippen LogP contribution in [0.25, 0.3) is 11.0 Å². The Morgan fingerprint density at radius 1 is 0.935 bits per heavy atom. The Kier molecular flexibility index (Phi) is 3.90. The lowest BCUT2D eigenvalue weighted by Gasteiger charge is -2.39. The summed E-state index contributed by atoms with van der Waals surface area (Å²) >= 11 is 1.84. The van der Waals surface area contributed by atoms with E-state index in [1.165, 1.54) is 12.7 Å². The van der Waals surface area contributed by atoms with E-state index in [1.54, 1.807) is 0 Å². The Bertz CT molecular complexity index is 1300. The van der Waals surface area contributed by atoms with Crippen molar-refractivity contribution in [3.05, 3.63) is 102 Å². The van der Waals surface area contributed by atoms with Crippen molar-refractivity contribution in [2.24, 2.45) is 11.8 Å². The lowest BCUT2D eigenvalue weighted by molar-refractivity contribution is -0.149. The van der Waals surface area contributed by atoms with E-state index in [2.05, 4.69) is 66.1 Å². The zero-order valence-corrected chi connectivity index (χ0v) is 18.2. The fraction of sp³-hybridized carbons (Fsp3) is 0.231. The maximum atomic E-state index is 13.3. The summed E-state index contributed by atoms with van der Waals surface area (Å²) < 4.78 is 7.15. The van der Waals surface area contributed by atoms with Crippen LogP contribution in [-0.2, 0) is 19.1 Å². The van der Waals surface area contributed by atoms with E-state index in [0.717, 1.165) is 22.4 Å². The van der Waals surface area contributed by atoms with Gasteiger partial charge in [-0.2, -0.15) is 0 Å². The van der Waals surface area contributed by atoms with E-state index in [-0.39, 0.29) is 17.8 Å². The van der Waals surface area contributed by atoms with Crippen LogP contribution in [0.5, 0.6) is 0 Å². The second kappa shape index (κ2) is 6.47. The van der Waals surface area contributed by atoms with Gasteiger partial charge in [0, 0.05) is 5.92 Å². The average molecular weight is 427 g/mol. The molecule has 6 rings (SSSR count). The Morgan fingerprint density at radius 3 is 2.23 bits per heavy atom. The van der Waals surface area contributed by atoms with Gasteiger partial charge in [-0.15, -0.1) is 11.8 Å². The number of fused-ring (bicyclic) bond motifs is 7. The van der Waals surface area contributed by atoms with Crippen molar-refractivity contribution in [2.45, 2.75) is 16.5 Å². The molecule has 154 valence electrons. The number of thioether (sulfide) groups is 1. The highest BCUT2D eigenvalue weighted by Crippen LogP contribution is 2.74. The van der Waals surface area contributed by atoms with Crippen LogP contribution in [-0.4, -0.2) is 22.6 Å². The number of para-hydroxylation sites is 2. The van der Waals surface area contributed by atoms with E-state index in [9.17, 15) is 4.79 Å². The molecule has 4 nitrogen and oxygen atoms in total. The summed E-state index contributed by atoms with van der Waals surface area (Å²) in [5, 5.41) is 0. The summed E-state index contributed by atoms with van der Waals surface area (Å²) in [7, 11) is 1.49. The molecule has 3 heterocycles. The van der Waals surface area contributed by atoms with Gasteiger partial charge in [-0.1, -0.05) is 79.7 Å². The van der Waals surface area contributed by atoms with Crippen molar-refractivity contribution in [2.75, 3.05) is 7.11 Å². The molecule has 0 N–H and O–H groups in total. The topological polar surface area (TPSA) is 44.1 Å². The van der Waals surface area contributed by atoms with Gasteiger partial charge in [-0.25, -0.2) is 4.98 Å². The molecule has 1 aromatic heterocycles. The van der Waals surface area contributed by atoms with Crippen molar-refractivity contribution in [1.82, 2.24) is 9.55 Å². The minimum absolute atomic E-state index is 0.00216. The first-order valence-corrected chi connectivity index (χ1v) is 11.3. The smallest absolute Gasteiger partial charge is 0.311 e. The van der Waals surface area contributed by atoms with E-state index in [1.807, 2.05) is 42.1 Å². The lowest BCUT2D eigenvalue weighted by Crippen LogP contribution is -2.47. The fourth-order valence-corrected chi connectivity index (χ4v) is 7.96. The standard InChI is InChI=1S/C26H22N2O2S/c1-17-22(23(29)30-2)25(18-11-5-3-6-12-18)24-27-20-15-9-10-16-21(20)28(24)26(17,31-25)19-13-7-4-8-14-19/h3-17,22H,1-2H3/t17-,22+,25-,26-/m1/s1. The van der Waals surface area contributed by atoms with Gasteiger partial charge < -0.3 is 9.30 Å². The molecule has 31 heavy (non-hydrogen) atoms. The normalized spacial score (nSPS) is 28.6. The maximum absolute atomic E-state index is 13.3. The zero-order valence-electron chi connectivity index (χ0n) is 17.4. The summed E-state index contributed by atoms with van der Waals surface area (Å²) in [5.41, 5.74) is 4.33. The summed E-state index contributed by atoms with van der Waals surface area (Å²) in [6, 6.07) is 29.1. The maximum Gasteiger partial charge on any atom is 0.311 e. The van der Waals surface area contributed by atoms with Crippen molar-refractivity contribution < 1.29 is 9.53 Å². The molecule has 2 aliphatic heterocycles. The van der Waals surface area contributed by atoms with Crippen LogP contribution in [0, 0.1) is 11.8 Å². The molecule has 0 aliphatic carbocycles. The highest BCUT2D eigenvalue weighted by molar-refractivity contribution is 8.02. The molecule has 5 heteroatoms. The Balaban J connectivity index is 1.77. The van der Waals surface area contributed by atoms with E-state index in [0.29, 0.717) is 0 Å². The van der Waals surface area contributed by atoms with Crippen molar-refractivity contribution in [3.63, 3.8) is 0 Å². The number of ether oxygens (including phenoxy) is 1. The van der Waals surface area contributed by atoms with Gasteiger partial charge in [0.2, 0.25) is 0 Å². The van der Waals surface area contributed by atoms with Gasteiger partial charge in [-0.3, -0.25) is 4.79 Å². The third-order valence-electron chi connectivity index (χ3n) is 6.94. The molecule has 4 atom stereocenters. The molecule has 0 amide bonds. The Hall–Kier alpha value is -3.05. The molecule has 0 saturated carbocycles. The van der Waals surface area contributed by atoms with Crippen LogP contribution in [0.15, 0.2) is 84.9 Å². The van der Waals surface area contributed by atoms with E-state index >= 15 is 0 Å². The van der Waals surface area contributed by atoms with E-state index < -0.39 is 9.62 Å². The monoisotopic (exact) mass is 426 g/mol. The van der Waals surface area contributed by atoms with Gasteiger partial charge in [0.15, 0.2) is 0 Å². The first-order valence-electron chi connectivity index (χ1n) is 10.5. The van der Waals surface area contributed by atoms with Crippen LogP contribution >= 0.6 is 11.8 Å². The second-order valence-corrected chi connectivity index (χ2v) is 9.79. The molecule has 2 bridgehead atoms. The number of hydrogen-bond acceptors (Lipinski definition) is 4. The van der Waals surface area contributed by atoms with Crippen molar-refractivity contribution >= 4 is 28.8 Å². The SMILES string of the molecule is COC(=O)[C@@H]1[C@@H](C)[C@]2(c3ccccc3)S[C@@]1(c1ccccc1)c1nc3ccccc3n12. The lowest BCUT2D eigenvalue weighted by atomic mass is 9.70. The van der Waals surface area contributed by atoms with Gasteiger partial charge in [0.1, 0.15) is 15.4 Å². The minimum Gasteiger partial charge on any atom is -0.469 e. The molecule has 3 aromatic carbocycles. The second-order valence-electron chi connectivity index (χ2n) is 8.32. The molecule has 0 radical (unpaired) electrons. The van der Waals surface area contributed by atoms with Crippen molar-refractivity contribution in [1.29, 1.82) is 0 Å². The quantitative estimate of drug-likeness (QED) is 0.424. The van der Waals surface area contributed by atoms with Gasteiger partial charge in [0.25, 0.3) is 0 Å². The number of methoxy groups -OCH3 is 1. The number of imidazole rings is 1. The summed E-state index contributed by atoms with van der Waals surface area (Å²) in [6.45, 7) is 2.18. The highest BCUT2D eigenvalue weighted by Gasteiger charge is 2.73. The number of hydrogen-bond donors (Lipinski definition) is 0. The number of carbonyl (C=O) groups is 1. The van der Waals surface area contributed by atoms with Gasteiger partial charge in [-0.05, 0) is 23.3 Å². The first-order chi connectivity index (χ1) is 15.1. The molecule has 2 aliphatic rings. The molecule has 1 fully saturated rings. The number of aromatic nitrogens is 2. The highest BCUT2D eigenvalue weighted by atomic mass is 32.2. The van der Waals surface area contributed by atoms with E-state index in [4.69, 9.17) is 9.72 Å². The van der Waals surface area contributed by atoms with Crippen LogP contribution < -0.4 is 0 Å². The molecule has 4 aromatic rings. The van der Waals surface area contributed by atoms with Crippen LogP contribution in [0.3, 0.4) is 0 Å². The van der Waals surface area contributed by atoms with Crippen LogP contribution in [0.1, 0.15) is 23.9 Å². The molecule has 1 saturated heterocycles. The predicted molar refractivity (Wildman–Crippen MR) is 123 cm³/mol. The molecular weight excluding hydrogens is 404 g/mol. The number of esters is 1. The summed E-state index contributed by atoms with van der Waals surface area (Å²) in [5.74, 6) is 0.397. The third kappa shape index (κ3) is 2.17. The third-order valence-corrected chi connectivity index (χ3v) is 9.04. The zero-order chi connectivity index (χ0) is 21.2. The Morgan fingerprint density at radius 2 is 1.55 bits per heavy atom. The fourth-order valence-electron chi connectivity index (χ4n) is 5.70. The minimum atomic E-state index is -0.622. The number of rotatable bonds is 3. The van der Waals surface area contributed by atoms with Crippen LogP contribution in [0.4, 0.5) is 0 Å². The van der Waals surface area contributed by atoms with Crippen LogP contribution in [0.2, 0.25) is 0 Å². The average Bonchev–Trinajstić information content (AvgIpc) is 3.44. The molecule has 0 unspecified atom stereocenters. The number of carbonyl (C=O) groups excluding carboxylic acids is 1. The largest absolute Gasteiger partial charge is 0.469 e. The summed E-state index contributed by atoms with van der Waals surface area (Å²) in [6.07, 6.45) is 0. The van der Waals surface area contributed by atoms with Gasteiger partial charge in [0.05, 0.1) is 24.1 Å². The predicted octanol–water partition coefficient (Wildman–Crippen LogP) is 5.17. The Labute approximate surface area is 185 Å². The number of benzene rings is 3. The molecule has 0 spiro atoms. The number of nitrogens with zero attached hydrogens (tertiary/aromatic N) is 2. The molecular formula is C26H22N2O2S. The van der Waals surface area contributed by atoms with Gasteiger partial charge >= 0.3 is 5.97 Å². The summed E-state index contributed by atoms with van der Waals surface area (Å²) in [4.78, 5) is 18.0.